The minimum Gasteiger partial charge on any atom is -0.316 e. The molecule has 0 unspecified atom stereocenters. The maximum Gasteiger partial charge on any atom is 0.00951 e. The largest absolute Gasteiger partial charge is 0.316 e. The van der Waals surface area contributed by atoms with Gasteiger partial charge in [0.25, 0.3) is 0 Å². The first-order chi connectivity index (χ1) is 8.24. The number of hydrogen-bond acceptors (Lipinski definition) is 2. The van der Waals surface area contributed by atoms with E-state index >= 15 is 0 Å². The van der Waals surface area contributed by atoms with Crippen LogP contribution < -0.4 is 5.32 Å². The average Bonchev–Trinajstić information content (AvgIpc) is 2.34. The van der Waals surface area contributed by atoms with Crippen molar-refractivity contribution in [2.45, 2.75) is 65.3 Å². The molecule has 0 aromatic carbocycles. The van der Waals surface area contributed by atoms with E-state index in [4.69, 9.17) is 0 Å². The van der Waals surface area contributed by atoms with Crippen molar-refractivity contribution in [3.8, 4) is 0 Å². The van der Waals surface area contributed by atoms with Crippen LogP contribution >= 0.6 is 0 Å². The second kappa shape index (κ2) is 8.93. The van der Waals surface area contributed by atoms with Crippen LogP contribution in [0, 0.1) is 5.92 Å². The Balaban J connectivity index is 2.09. The molecule has 1 aliphatic rings. The normalized spacial score (nSPS) is 18.2. The fourth-order valence-electron chi connectivity index (χ4n) is 2.84. The minimum absolute atomic E-state index is 0.774. The van der Waals surface area contributed by atoms with Crippen LogP contribution in [0.2, 0.25) is 0 Å². The summed E-state index contributed by atoms with van der Waals surface area (Å²) in [5.74, 6) is 0.774. The van der Waals surface area contributed by atoms with Crippen LogP contribution in [0.3, 0.4) is 0 Å². The molecule has 0 atom stereocenters. The maximum absolute atomic E-state index is 3.54. The van der Waals surface area contributed by atoms with Crippen LogP contribution in [0.4, 0.5) is 0 Å². The summed E-state index contributed by atoms with van der Waals surface area (Å²) in [6, 6.07) is 0.888. The highest BCUT2D eigenvalue weighted by molar-refractivity contribution is 4.75. The second-order valence-electron chi connectivity index (χ2n) is 5.87. The molecule has 0 radical (unpaired) electrons. The third kappa shape index (κ3) is 6.42. The third-order valence-electron chi connectivity index (χ3n) is 3.85. The van der Waals surface area contributed by atoms with Crippen LogP contribution in [0.15, 0.2) is 0 Å². The van der Waals surface area contributed by atoms with Gasteiger partial charge in [0.05, 0.1) is 0 Å². The molecule has 1 fully saturated rings. The Morgan fingerprint density at radius 3 is 2.47 bits per heavy atom. The van der Waals surface area contributed by atoms with Gasteiger partial charge in [-0.3, -0.25) is 0 Å². The summed E-state index contributed by atoms with van der Waals surface area (Å²) < 4.78 is 0. The molecule has 2 nitrogen and oxygen atoms in total. The minimum atomic E-state index is 0.774. The van der Waals surface area contributed by atoms with Gasteiger partial charge in [-0.05, 0) is 51.4 Å². The first kappa shape index (κ1) is 15.0. The van der Waals surface area contributed by atoms with Crippen molar-refractivity contribution in [1.82, 2.24) is 10.2 Å². The molecule has 0 aliphatic heterocycles. The van der Waals surface area contributed by atoms with E-state index in [0.29, 0.717) is 0 Å². The van der Waals surface area contributed by atoms with E-state index in [-0.39, 0.29) is 0 Å². The van der Waals surface area contributed by atoms with Crippen LogP contribution in [0.5, 0.6) is 0 Å². The monoisotopic (exact) mass is 240 g/mol. The Morgan fingerprint density at radius 2 is 1.88 bits per heavy atom. The quantitative estimate of drug-likeness (QED) is 0.655. The van der Waals surface area contributed by atoms with Crippen molar-refractivity contribution in [2.24, 2.45) is 5.92 Å². The van der Waals surface area contributed by atoms with E-state index in [1.54, 1.807) is 0 Å². The van der Waals surface area contributed by atoms with Gasteiger partial charge in [-0.2, -0.15) is 0 Å². The molecule has 2 heteroatoms. The molecule has 0 aromatic heterocycles. The van der Waals surface area contributed by atoms with Gasteiger partial charge in [0.15, 0.2) is 0 Å². The zero-order chi connectivity index (χ0) is 12.5. The molecule has 1 N–H and O–H groups in total. The van der Waals surface area contributed by atoms with Gasteiger partial charge in [0.2, 0.25) is 0 Å². The van der Waals surface area contributed by atoms with E-state index in [2.05, 4.69) is 31.0 Å². The predicted molar refractivity (Wildman–Crippen MR) is 76.4 cm³/mol. The van der Waals surface area contributed by atoms with Gasteiger partial charge < -0.3 is 10.2 Å². The Morgan fingerprint density at radius 1 is 1.18 bits per heavy atom. The molecule has 1 saturated carbocycles. The zero-order valence-corrected chi connectivity index (χ0v) is 12.2. The molecule has 0 heterocycles. The van der Waals surface area contributed by atoms with Crippen LogP contribution in [-0.4, -0.2) is 37.1 Å². The van der Waals surface area contributed by atoms with Crippen molar-refractivity contribution < 1.29 is 0 Å². The van der Waals surface area contributed by atoms with E-state index in [1.165, 1.54) is 58.2 Å². The molecular formula is C15H32N2. The molecule has 1 aliphatic carbocycles. The van der Waals surface area contributed by atoms with Gasteiger partial charge >= 0.3 is 0 Å². The zero-order valence-electron chi connectivity index (χ0n) is 12.2. The van der Waals surface area contributed by atoms with E-state index in [9.17, 15) is 0 Å². The summed E-state index contributed by atoms with van der Waals surface area (Å²) in [5, 5.41) is 3.54. The fourth-order valence-corrected chi connectivity index (χ4v) is 2.84. The highest BCUT2D eigenvalue weighted by Crippen LogP contribution is 2.22. The van der Waals surface area contributed by atoms with Crippen LogP contribution in [0.1, 0.15) is 59.3 Å². The summed E-state index contributed by atoms with van der Waals surface area (Å²) >= 11 is 0. The second-order valence-corrected chi connectivity index (χ2v) is 5.87. The highest BCUT2D eigenvalue weighted by atomic mass is 15.1. The summed E-state index contributed by atoms with van der Waals surface area (Å²) in [6.45, 7) is 11.7. The Kier molecular flexibility index (Phi) is 7.87. The van der Waals surface area contributed by atoms with Crippen molar-refractivity contribution in [3.63, 3.8) is 0 Å². The number of rotatable bonds is 8. The summed E-state index contributed by atoms with van der Waals surface area (Å²) in [4.78, 5) is 2.70. The Labute approximate surface area is 108 Å². The lowest BCUT2D eigenvalue weighted by atomic mass is 9.94. The van der Waals surface area contributed by atoms with Gasteiger partial charge in [-0.25, -0.2) is 0 Å². The molecule has 1 rings (SSSR count). The first-order valence-electron chi connectivity index (χ1n) is 7.68. The summed E-state index contributed by atoms with van der Waals surface area (Å²) in [7, 11) is 0. The molecule has 0 saturated heterocycles. The Bertz CT molecular complexity index is 174. The first-order valence-corrected chi connectivity index (χ1v) is 7.68. The molecule has 0 aromatic rings. The van der Waals surface area contributed by atoms with Crippen LogP contribution in [0.25, 0.3) is 0 Å². The summed E-state index contributed by atoms with van der Waals surface area (Å²) in [6.07, 6.45) is 8.54. The van der Waals surface area contributed by atoms with Crippen molar-refractivity contribution in [1.29, 1.82) is 0 Å². The smallest absolute Gasteiger partial charge is 0.00951 e. The van der Waals surface area contributed by atoms with E-state index < -0.39 is 0 Å². The Hall–Kier alpha value is -0.0800. The molecular weight excluding hydrogens is 208 g/mol. The molecule has 0 bridgehead atoms. The predicted octanol–water partition coefficient (Wildman–Crippen LogP) is 3.28. The topological polar surface area (TPSA) is 15.3 Å². The standard InChI is InChI=1S/C15H32N2/c1-4-17(15-9-6-5-7-10-15)12-8-11-16-13-14(2)3/h14-16H,4-13H2,1-3H3. The van der Waals surface area contributed by atoms with E-state index in [0.717, 1.165) is 18.5 Å². The lowest BCUT2D eigenvalue weighted by Crippen LogP contribution is -2.38. The van der Waals surface area contributed by atoms with Crippen LogP contribution in [-0.2, 0) is 0 Å². The van der Waals surface area contributed by atoms with Gasteiger partial charge in [0, 0.05) is 6.04 Å². The third-order valence-corrected chi connectivity index (χ3v) is 3.85. The van der Waals surface area contributed by atoms with Crippen molar-refractivity contribution in [2.75, 3.05) is 26.2 Å². The number of hydrogen-bond donors (Lipinski definition) is 1. The SMILES string of the molecule is CCN(CCCNCC(C)C)C1CCCCC1. The fraction of sp³-hybridized carbons (Fsp3) is 1.00. The van der Waals surface area contributed by atoms with E-state index in [1.807, 2.05) is 0 Å². The van der Waals surface area contributed by atoms with Gasteiger partial charge in [0.1, 0.15) is 0 Å². The summed E-state index contributed by atoms with van der Waals surface area (Å²) in [5.41, 5.74) is 0. The van der Waals surface area contributed by atoms with Crippen molar-refractivity contribution >= 4 is 0 Å². The molecule has 102 valence electrons. The van der Waals surface area contributed by atoms with Gasteiger partial charge in [-0.15, -0.1) is 0 Å². The number of nitrogens with one attached hydrogen (secondary N) is 1. The average molecular weight is 240 g/mol. The molecule has 0 spiro atoms. The number of nitrogens with zero attached hydrogens (tertiary/aromatic N) is 1. The van der Waals surface area contributed by atoms with Gasteiger partial charge in [-0.1, -0.05) is 40.0 Å². The molecule has 17 heavy (non-hydrogen) atoms. The lowest BCUT2D eigenvalue weighted by Gasteiger charge is -2.33. The lowest BCUT2D eigenvalue weighted by molar-refractivity contribution is 0.161. The molecule has 0 amide bonds. The highest BCUT2D eigenvalue weighted by Gasteiger charge is 2.18. The van der Waals surface area contributed by atoms with Crippen molar-refractivity contribution in [3.05, 3.63) is 0 Å². The maximum atomic E-state index is 3.54.